The van der Waals surface area contributed by atoms with Crippen LogP contribution in [0.25, 0.3) is 0 Å². The van der Waals surface area contributed by atoms with Crippen molar-refractivity contribution in [1.29, 1.82) is 0 Å². The van der Waals surface area contributed by atoms with Gasteiger partial charge in [-0.05, 0) is 29.8 Å². The molecule has 0 bridgehead atoms. The van der Waals surface area contributed by atoms with Gasteiger partial charge in [0.05, 0.1) is 28.7 Å². The smallest absolute Gasteiger partial charge is 0.238 e. The van der Waals surface area contributed by atoms with E-state index in [1.165, 1.54) is 12.1 Å². The Kier molecular flexibility index (Phi) is 6.88. The van der Waals surface area contributed by atoms with E-state index in [9.17, 15) is 14.0 Å². The molecule has 0 radical (unpaired) electrons. The van der Waals surface area contributed by atoms with Crippen LogP contribution in [0.4, 0.5) is 10.1 Å². The quantitative estimate of drug-likeness (QED) is 0.800. The number of piperazine rings is 1. The van der Waals surface area contributed by atoms with E-state index in [2.05, 4.69) is 5.32 Å². The summed E-state index contributed by atoms with van der Waals surface area (Å²) in [6.07, 6.45) is 0.242. The molecule has 5 nitrogen and oxygen atoms in total. The normalized spacial score (nSPS) is 14.8. The van der Waals surface area contributed by atoms with Gasteiger partial charge in [-0.2, -0.15) is 0 Å². The minimum absolute atomic E-state index is 0.00133. The van der Waals surface area contributed by atoms with E-state index in [4.69, 9.17) is 23.2 Å². The number of para-hydroxylation sites is 1. The Morgan fingerprint density at radius 1 is 0.964 bits per heavy atom. The molecule has 0 unspecified atom stereocenters. The summed E-state index contributed by atoms with van der Waals surface area (Å²) in [4.78, 5) is 28.4. The molecule has 28 heavy (non-hydrogen) atoms. The minimum Gasteiger partial charge on any atom is -0.340 e. The molecule has 2 aromatic carbocycles. The molecule has 3 rings (SSSR count). The van der Waals surface area contributed by atoms with E-state index in [1.54, 1.807) is 35.2 Å². The molecule has 1 aliphatic rings. The highest BCUT2D eigenvalue weighted by molar-refractivity contribution is 6.39. The third-order valence-electron chi connectivity index (χ3n) is 4.59. The molecule has 0 saturated carbocycles. The van der Waals surface area contributed by atoms with Crippen LogP contribution in [0.3, 0.4) is 0 Å². The zero-order valence-corrected chi connectivity index (χ0v) is 16.6. The molecular formula is C20H20Cl2FN3O2. The van der Waals surface area contributed by atoms with Crippen LogP contribution in [0.1, 0.15) is 5.56 Å². The maximum absolute atomic E-state index is 13.0. The lowest BCUT2D eigenvalue weighted by atomic mass is 10.1. The largest absolute Gasteiger partial charge is 0.340 e. The van der Waals surface area contributed by atoms with Crippen molar-refractivity contribution in [1.82, 2.24) is 9.80 Å². The van der Waals surface area contributed by atoms with Crippen LogP contribution in [0, 0.1) is 5.82 Å². The van der Waals surface area contributed by atoms with Crippen molar-refractivity contribution >= 4 is 40.7 Å². The van der Waals surface area contributed by atoms with E-state index >= 15 is 0 Å². The molecule has 1 saturated heterocycles. The molecule has 0 spiro atoms. The molecule has 8 heteroatoms. The summed E-state index contributed by atoms with van der Waals surface area (Å²) < 4.78 is 13.0. The lowest BCUT2D eigenvalue weighted by Gasteiger charge is -2.34. The second kappa shape index (κ2) is 9.37. The Morgan fingerprint density at radius 2 is 1.57 bits per heavy atom. The van der Waals surface area contributed by atoms with Crippen molar-refractivity contribution in [3.63, 3.8) is 0 Å². The Morgan fingerprint density at radius 3 is 2.18 bits per heavy atom. The van der Waals surface area contributed by atoms with Crippen LogP contribution in [0.2, 0.25) is 10.0 Å². The van der Waals surface area contributed by atoms with Gasteiger partial charge in [-0.1, -0.05) is 41.4 Å². The Labute approximate surface area is 173 Å². The van der Waals surface area contributed by atoms with E-state index in [0.29, 0.717) is 41.9 Å². The van der Waals surface area contributed by atoms with Crippen molar-refractivity contribution in [3.05, 3.63) is 63.9 Å². The first kappa shape index (κ1) is 20.6. The fourth-order valence-corrected chi connectivity index (χ4v) is 3.54. The van der Waals surface area contributed by atoms with Crippen molar-refractivity contribution in [3.8, 4) is 0 Å². The third kappa shape index (κ3) is 5.44. The Balaban J connectivity index is 1.46. The topological polar surface area (TPSA) is 52.7 Å². The molecule has 1 heterocycles. The minimum atomic E-state index is -0.318. The predicted octanol–water partition coefficient (Wildman–Crippen LogP) is 3.46. The van der Waals surface area contributed by atoms with Gasteiger partial charge in [-0.3, -0.25) is 14.5 Å². The second-order valence-corrected chi connectivity index (χ2v) is 7.42. The average Bonchev–Trinajstić information content (AvgIpc) is 2.67. The lowest BCUT2D eigenvalue weighted by molar-refractivity contribution is -0.132. The van der Waals surface area contributed by atoms with Gasteiger partial charge in [-0.25, -0.2) is 4.39 Å². The summed E-state index contributed by atoms with van der Waals surface area (Å²) >= 11 is 12.1. The van der Waals surface area contributed by atoms with Gasteiger partial charge in [0.1, 0.15) is 5.82 Å². The van der Waals surface area contributed by atoms with Gasteiger partial charge in [0, 0.05) is 26.2 Å². The number of carbonyl (C=O) groups excluding carboxylic acids is 2. The van der Waals surface area contributed by atoms with Crippen molar-refractivity contribution in [2.45, 2.75) is 6.42 Å². The van der Waals surface area contributed by atoms with Crippen LogP contribution in [-0.2, 0) is 16.0 Å². The van der Waals surface area contributed by atoms with Gasteiger partial charge >= 0.3 is 0 Å². The average molecular weight is 424 g/mol. The van der Waals surface area contributed by atoms with Crippen molar-refractivity contribution in [2.75, 3.05) is 38.0 Å². The standard InChI is InChI=1S/C20H20Cl2FN3O2/c21-16-2-1-3-17(22)20(16)24-18(27)13-25-8-10-26(11-9-25)19(28)12-14-4-6-15(23)7-5-14/h1-7H,8-13H2,(H,24,27). The van der Waals surface area contributed by atoms with Crippen LogP contribution >= 0.6 is 23.2 Å². The number of nitrogens with one attached hydrogen (secondary N) is 1. The monoisotopic (exact) mass is 423 g/mol. The maximum atomic E-state index is 13.0. The number of anilines is 1. The molecule has 0 aliphatic carbocycles. The van der Waals surface area contributed by atoms with Crippen LogP contribution in [0.15, 0.2) is 42.5 Å². The summed E-state index contributed by atoms with van der Waals surface area (Å²) in [6.45, 7) is 2.47. The summed E-state index contributed by atoms with van der Waals surface area (Å²) in [5.41, 5.74) is 1.19. The summed E-state index contributed by atoms with van der Waals surface area (Å²) in [5, 5.41) is 3.51. The zero-order chi connectivity index (χ0) is 20.1. The van der Waals surface area contributed by atoms with Gasteiger partial charge in [0.2, 0.25) is 11.8 Å². The summed E-state index contributed by atoms with van der Waals surface area (Å²) in [6, 6.07) is 11.0. The Hall–Kier alpha value is -2.15. The van der Waals surface area contributed by atoms with E-state index in [0.717, 1.165) is 5.56 Å². The number of amides is 2. The number of hydrogen-bond acceptors (Lipinski definition) is 3. The first-order valence-electron chi connectivity index (χ1n) is 8.91. The fourth-order valence-electron chi connectivity index (χ4n) is 3.04. The highest BCUT2D eigenvalue weighted by Gasteiger charge is 2.23. The lowest BCUT2D eigenvalue weighted by Crippen LogP contribution is -2.50. The van der Waals surface area contributed by atoms with Crippen molar-refractivity contribution in [2.24, 2.45) is 0 Å². The van der Waals surface area contributed by atoms with Crippen LogP contribution in [0.5, 0.6) is 0 Å². The highest BCUT2D eigenvalue weighted by atomic mass is 35.5. The number of rotatable bonds is 5. The summed E-state index contributed by atoms with van der Waals surface area (Å²) in [5.74, 6) is -0.527. The highest BCUT2D eigenvalue weighted by Crippen LogP contribution is 2.29. The third-order valence-corrected chi connectivity index (χ3v) is 5.22. The molecule has 2 aromatic rings. The molecule has 1 aliphatic heterocycles. The zero-order valence-electron chi connectivity index (χ0n) is 15.1. The van der Waals surface area contributed by atoms with Crippen LogP contribution < -0.4 is 5.32 Å². The number of carbonyl (C=O) groups is 2. The van der Waals surface area contributed by atoms with E-state index in [1.807, 2.05) is 4.90 Å². The molecular weight excluding hydrogens is 404 g/mol. The fraction of sp³-hybridized carbons (Fsp3) is 0.300. The molecule has 1 fully saturated rings. The Bertz CT molecular complexity index is 833. The predicted molar refractivity (Wildman–Crippen MR) is 108 cm³/mol. The van der Waals surface area contributed by atoms with Crippen LogP contribution in [-0.4, -0.2) is 54.3 Å². The molecule has 0 atom stereocenters. The van der Waals surface area contributed by atoms with Gasteiger partial charge in [-0.15, -0.1) is 0 Å². The first-order valence-corrected chi connectivity index (χ1v) is 9.66. The first-order chi connectivity index (χ1) is 13.4. The number of benzene rings is 2. The number of halogens is 3. The van der Waals surface area contributed by atoms with E-state index < -0.39 is 0 Å². The van der Waals surface area contributed by atoms with E-state index in [-0.39, 0.29) is 30.6 Å². The van der Waals surface area contributed by atoms with Gasteiger partial charge in [0.15, 0.2) is 0 Å². The second-order valence-electron chi connectivity index (χ2n) is 6.61. The molecule has 1 N–H and O–H groups in total. The SMILES string of the molecule is O=C(CN1CCN(C(=O)Cc2ccc(F)cc2)CC1)Nc1c(Cl)cccc1Cl. The maximum Gasteiger partial charge on any atom is 0.238 e. The van der Waals surface area contributed by atoms with Crippen molar-refractivity contribution < 1.29 is 14.0 Å². The van der Waals surface area contributed by atoms with Gasteiger partial charge < -0.3 is 10.2 Å². The summed E-state index contributed by atoms with van der Waals surface area (Å²) in [7, 11) is 0. The molecule has 2 amide bonds. The van der Waals surface area contributed by atoms with Gasteiger partial charge in [0.25, 0.3) is 0 Å². The molecule has 148 valence electrons. The number of nitrogens with zero attached hydrogens (tertiary/aromatic N) is 2. The molecule has 0 aromatic heterocycles. The number of hydrogen-bond donors (Lipinski definition) is 1.